The number of phenols is 1. The van der Waals surface area contributed by atoms with Crippen LogP contribution in [0.25, 0.3) is 0 Å². The van der Waals surface area contributed by atoms with E-state index in [1.807, 2.05) is 36.1 Å². The van der Waals surface area contributed by atoms with E-state index >= 15 is 0 Å². The maximum absolute atomic E-state index is 13.1. The maximum Gasteiger partial charge on any atom is 0.161 e. The Hall–Kier alpha value is -3.72. The van der Waals surface area contributed by atoms with E-state index in [0.717, 1.165) is 23.4 Å². The van der Waals surface area contributed by atoms with Crippen molar-refractivity contribution in [2.24, 2.45) is 5.73 Å². The number of Topliss-reactive ketones (excluding diaryl/α,β-unsaturated/α-hetero) is 1. The summed E-state index contributed by atoms with van der Waals surface area (Å²) < 4.78 is 5.25. The maximum atomic E-state index is 13.1. The molecule has 0 amide bonds. The summed E-state index contributed by atoms with van der Waals surface area (Å²) in [6.45, 7) is 1.99. The predicted octanol–water partition coefficient (Wildman–Crippen LogP) is 4.01. The highest BCUT2D eigenvalue weighted by atomic mass is 16.5. The fraction of sp³-hybridized carbons (Fsp3) is 0.250. The van der Waals surface area contributed by atoms with Gasteiger partial charge in [-0.1, -0.05) is 18.2 Å². The molecule has 1 unspecified atom stereocenters. The molecular formula is C24H23N3O3. The summed E-state index contributed by atoms with van der Waals surface area (Å²) in [6, 6.07) is 15.0. The molecule has 3 N–H and O–H groups in total. The minimum atomic E-state index is -0.589. The van der Waals surface area contributed by atoms with Crippen LogP contribution in [-0.2, 0) is 4.79 Å². The number of nitriles is 1. The second-order valence-corrected chi connectivity index (χ2v) is 7.59. The lowest BCUT2D eigenvalue weighted by atomic mass is 9.75. The number of hydrogen-bond acceptors (Lipinski definition) is 6. The van der Waals surface area contributed by atoms with Crippen LogP contribution in [0.5, 0.6) is 11.5 Å². The van der Waals surface area contributed by atoms with Gasteiger partial charge in [-0.25, -0.2) is 0 Å². The Morgan fingerprint density at radius 3 is 2.73 bits per heavy atom. The minimum Gasteiger partial charge on any atom is -0.504 e. The van der Waals surface area contributed by atoms with E-state index in [4.69, 9.17) is 10.5 Å². The summed E-state index contributed by atoms with van der Waals surface area (Å²) in [7, 11) is 1.46. The van der Waals surface area contributed by atoms with Crippen molar-refractivity contribution < 1.29 is 14.6 Å². The Balaban J connectivity index is 1.97. The molecular weight excluding hydrogens is 378 g/mol. The molecule has 0 fully saturated rings. The number of allylic oxidation sites excluding steroid dienone is 3. The number of anilines is 1. The van der Waals surface area contributed by atoms with Crippen molar-refractivity contribution in [2.75, 3.05) is 12.0 Å². The molecule has 1 atom stereocenters. The molecule has 0 radical (unpaired) electrons. The molecule has 0 spiro atoms. The Morgan fingerprint density at radius 2 is 2.03 bits per heavy atom. The molecule has 2 aromatic carbocycles. The zero-order chi connectivity index (χ0) is 21.4. The highest BCUT2D eigenvalue weighted by Crippen LogP contribution is 2.47. The second kappa shape index (κ2) is 7.60. The van der Waals surface area contributed by atoms with Gasteiger partial charge in [0.05, 0.1) is 24.7 Å². The number of aryl methyl sites for hydroxylation is 1. The molecule has 1 aliphatic carbocycles. The van der Waals surface area contributed by atoms with Crippen molar-refractivity contribution in [3.05, 3.63) is 76.3 Å². The number of carbonyl (C=O) groups excluding carboxylic acids is 1. The number of rotatable bonds is 3. The van der Waals surface area contributed by atoms with E-state index < -0.39 is 5.92 Å². The summed E-state index contributed by atoms with van der Waals surface area (Å²) in [5.41, 5.74) is 10.9. The standard InChI is InChI=1S/C24H23N3O3/c1-14-5-3-6-16(11-14)27-18-7-4-8-20(29)23(18)22(17(13-25)24(27)26)15-9-10-19(28)21(12-15)30-2/h3,5-6,9-12,22,28H,4,7-8,26H2,1-2H3. The zero-order valence-electron chi connectivity index (χ0n) is 17.0. The fourth-order valence-electron chi connectivity index (χ4n) is 4.36. The number of carbonyl (C=O) groups is 1. The second-order valence-electron chi connectivity index (χ2n) is 7.59. The monoisotopic (exact) mass is 401 g/mol. The van der Waals surface area contributed by atoms with Gasteiger partial charge in [0, 0.05) is 23.4 Å². The number of benzene rings is 2. The van der Waals surface area contributed by atoms with Crippen LogP contribution >= 0.6 is 0 Å². The highest BCUT2D eigenvalue weighted by molar-refractivity contribution is 6.01. The SMILES string of the molecule is COc1cc(C2C(C#N)=C(N)N(c3cccc(C)c3)C3=C2C(=O)CCC3)ccc1O. The lowest BCUT2D eigenvalue weighted by molar-refractivity contribution is -0.116. The molecule has 1 heterocycles. The van der Waals surface area contributed by atoms with Gasteiger partial charge < -0.3 is 15.6 Å². The third-order valence-electron chi connectivity index (χ3n) is 5.71. The molecule has 2 aliphatic rings. The van der Waals surface area contributed by atoms with Gasteiger partial charge in [-0.3, -0.25) is 9.69 Å². The molecule has 0 saturated heterocycles. The molecule has 30 heavy (non-hydrogen) atoms. The van der Waals surface area contributed by atoms with Crippen LogP contribution < -0.4 is 15.4 Å². The summed E-state index contributed by atoms with van der Waals surface area (Å²) in [4.78, 5) is 15.0. The van der Waals surface area contributed by atoms with Crippen LogP contribution in [-0.4, -0.2) is 18.0 Å². The fourth-order valence-corrected chi connectivity index (χ4v) is 4.36. The number of methoxy groups -OCH3 is 1. The first-order chi connectivity index (χ1) is 14.5. The van der Waals surface area contributed by atoms with E-state index in [1.54, 1.807) is 12.1 Å². The van der Waals surface area contributed by atoms with Crippen molar-refractivity contribution in [3.63, 3.8) is 0 Å². The molecule has 0 bridgehead atoms. The van der Waals surface area contributed by atoms with E-state index in [0.29, 0.717) is 35.4 Å². The van der Waals surface area contributed by atoms with Gasteiger partial charge in [-0.15, -0.1) is 0 Å². The lowest BCUT2D eigenvalue weighted by Gasteiger charge is -2.39. The average Bonchev–Trinajstić information content (AvgIpc) is 2.73. The topological polar surface area (TPSA) is 99.6 Å². The van der Waals surface area contributed by atoms with Gasteiger partial charge in [0.2, 0.25) is 0 Å². The largest absolute Gasteiger partial charge is 0.504 e. The normalized spacial score (nSPS) is 18.9. The molecule has 4 rings (SSSR count). The smallest absolute Gasteiger partial charge is 0.161 e. The first-order valence-corrected chi connectivity index (χ1v) is 9.86. The summed E-state index contributed by atoms with van der Waals surface area (Å²) in [5.74, 6) is 0.0427. The van der Waals surface area contributed by atoms with Crippen molar-refractivity contribution in [3.8, 4) is 17.6 Å². The van der Waals surface area contributed by atoms with Crippen LogP contribution in [0.2, 0.25) is 0 Å². The molecule has 0 saturated carbocycles. The van der Waals surface area contributed by atoms with Crippen molar-refractivity contribution in [2.45, 2.75) is 32.1 Å². The van der Waals surface area contributed by atoms with Gasteiger partial charge in [0.1, 0.15) is 5.82 Å². The Kier molecular flexibility index (Phi) is 4.96. The number of ketones is 1. The number of nitrogens with two attached hydrogens (primary N) is 1. The van der Waals surface area contributed by atoms with Crippen molar-refractivity contribution >= 4 is 11.5 Å². The van der Waals surface area contributed by atoms with E-state index in [9.17, 15) is 15.2 Å². The van der Waals surface area contributed by atoms with Gasteiger partial charge in [0.25, 0.3) is 0 Å². The molecule has 6 heteroatoms. The number of nitrogens with zero attached hydrogens (tertiary/aromatic N) is 2. The first kappa shape index (κ1) is 19.6. The highest BCUT2D eigenvalue weighted by Gasteiger charge is 2.40. The van der Waals surface area contributed by atoms with Crippen LogP contribution in [0.3, 0.4) is 0 Å². The number of aromatic hydroxyl groups is 1. The van der Waals surface area contributed by atoms with Gasteiger partial charge in [-0.05, 0) is 55.2 Å². The number of hydrogen-bond donors (Lipinski definition) is 2. The third kappa shape index (κ3) is 3.09. The summed E-state index contributed by atoms with van der Waals surface area (Å²) >= 11 is 0. The minimum absolute atomic E-state index is 0.00178. The average molecular weight is 401 g/mol. The van der Waals surface area contributed by atoms with E-state index in [2.05, 4.69) is 6.07 Å². The summed E-state index contributed by atoms with van der Waals surface area (Å²) in [5, 5.41) is 20.0. The Bertz CT molecular complexity index is 1140. The van der Waals surface area contributed by atoms with Gasteiger partial charge >= 0.3 is 0 Å². The van der Waals surface area contributed by atoms with Crippen molar-refractivity contribution in [1.29, 1.82) is 5.26 Å². The quantitative estimate of drug-likeness (QED) is 0.806. The number of ether oxygens (including phenoxy) is 1. The van der Waals surface area contributed by atoms with Crippen LogP contribution in [0.4, 0.5) is 5.69 Å². The Morgan fingerprint density at radius 1 is 1.23 bits per heavy atom. The summed E-state index contributed by atoms with van der Waals surface area (Å²) in [6.07, 6.45) is 1.87. The first-order valence-electron chi connectivity index (χ1n) is 9.86. The Labute approximate surface area is 175 Å². The molecule has 152 valence electrons. The van der Waals surface area contributed by atoms with Crippen LogP contribution in [0, 0.1) is 18.3 Å². The van der Waals surface area contributed by atoms with Crippen molar-refractivity contribution in [1.82, 2.24) is 0 Å². The molecule has 2 aromatic rings. The van der Waals surface area contributed by atoms with Crippen LogP contribution in [0.15, 0.2) is 65.1 Å². The molecule has 0 aromatic heterocycles. The van der Waals surface area contributed by atoms with Crippen LogP contribution in [0.1, 0.15) is 36.3 Å². The molecule has 1 aliphatic heterocycles. The molecule has 6 nitrogen and oxygen atoms in total. The van der Waals surface area contributed by atoms with E-state index in [-0.39, 0.29) is 17.3 Å². The van der Waals surface area contributed by atoms with Gasteiger partial charge in [0.15, 0.2) is 17.3 Å². The lowest BCUT2D eigenvalue weighted by Crippen LogP contribution is -2.38. The zero-order valence-corrected chi connectivity index (χ0v) is 17.0. The van der Waals surface area contributed by atoms with Gasteiger partial charge in [-0.2, -0.15) is 5.26 Å². The predicted molar refractivity (Wildman–Crippen MR) is 114 cm³/mol. The number of phenolic OH excluding ortho intramolecular Hbond substituents is 1. The van der Waals surface area contributed by atoms with E-state index in [1.165, 1.54) is 13.2 Å². The third-order valence-corrected chi connectivity index (χ3v) is 5.71.